The Kier molecular flexibility index (Phi) is 7.14. The number of ether oxygens (including phenoxy) is 1. The first-order valence-electron chi connectivity index (χ1n) is 11.4. The van der Waals surface area contributed by atoms with Gasteiger partial charge in [0, 0.05) is 43.8 Å². The van der Waals surface area contributed by atoms with Gasteiger partial charge in [-0.2, -0.15) is 0 Å². The molecule has 0 bridgehead atoms. The molecule has 178 valence electrons. The molecule has 2 atom stereocenters. The Morgan fingerprint density at radius 3 is 2.73 bits per heavy atom. The third-order valence-corrected chi connectivity index (χ3v) is 7.16. The highest BCUT2D eigenvalue weighted by molar-refractivity contribution is 7.81. The molecule has 2 aromatic rings. The lowest BCUT2D eigenvalue weighted by atomic mass is 10.1. The molecular formula is C23H32N6O3S. The highest BCUT2D eigenvalue weighted by Crippen LogP contribution is 2.37. The maximum absolute atomic E-state index is 11.8. The van der Waals surface area contributed by atoms with Gasteiger partial charge in [0.2, 0.25) is 5.95 Å². The summed E-state index contributed by atoms with van der Waals surface area (Å²) in [5.74, 6) is 1.75. The number of benzene rings is 1. The SMILES string of the molecule is CC1CC1.CCc1nc(Nc2ccc3c(c2)OC[C@H]2CN(S(C)=O)CCN32)ncc1C(N)=O. The predicted octanol–water partition coefficient (Wildman–Crippen LogP) is 2.47. The molecule has 1 unspecified atom stereocenters. The molecule has 0 radical (unpaired) electrons. The van der Waals surface area contributed by atoms with Gasteiger partial charge in [-0.15, -0.1) is 0 Å². The lowest BCUT2D eigenvalue weighted by Crippen LogP contribution is -2.57. The van der Waals surface area contributed by atoms with Gasteiger partial charge in [-0.1, -0.05) is 26.7 Å². The fourth-order valence-electron chi connectivity index (χ4n) is 3.90. The van der Waals surface area contributed by atoms with Gasteiger partial charge in [-0.3, -0.25) is 4.79 Å². The molecule has 0 spiro atoms. The maximum Gasteiger partial charge on any atom is 0.252 e. The summed E-state index contributed by atoms with van der Waals surface area (Å²) < 4.78 is 19.7. The molecule has 9 nitrogen and oxygen atoms in total. The lowest BCUT2D eigenvalue weighted by molar-refractivity contribution is 0.0998. The number of anilines is 3. The van der Waals surface area contributed by atoms with Gasteiger partial charge >= 0.3 is 0 Å². The molecule has 33 heavy (non-hydrogen) atoms. The Morgan fingerprint density at radius 1 is 1.33 bits per heavy atom. The van der Waals surface area contributed by atoms with E-state index in [-0.39, 0.29) is 6.04 Å². The number of hydrogen-bond donors (Lipinski definition) is 2. The predicted molar refractivity (Wildman–Crippen MR) is 130 cm³/mol. The van der Waals surface area contributed by atoms with Crippen LogP contribution in [-0.2, 0) is 17.4 Å². The van der Waals surface area contributed by atoms with Crippen LogP contribution in [0.5, 0.6) is 5.75 Å². The molecular weight excluding hydrogens is 440 g/mol. The Balaban J connectivity index is 0.000000586. The molecule has 2 aliphatic heterocycles. The van der Waals surface area contributed by atoms with Gasteiger partial charge in [0.1, 0.15) is 12.4 Å². The van der Waals surface area contributed by atoms with Crippen molar-refractivity contribution in [3.05, 3.63) is 35.7 Å². The van der Waals surface area contributed by atoms with Crippen LogP contribution in [0.2, 0.25) is 0 Å². The topological polar surface area (TPSA) is 114 Å². The molecule has 2 fully saturated rings. The zero-order valence-electron chi connectivity index (χ0n) is 19.4. The first-order valence-corrected chi connectivity index (χ1v) is 12.9. The average molecular weight is 473 g/mol. The fourth-order valence-corrected chi connectivity index (χ4v) is 4.62. The van der Waals surface area contributed by atoms with Crippen molar-refractivity contribution >= 4 is 34.2 Å². The van der Waals surface area contributed by atoms with E-state index < -0.39 is 16.9 Å². The standard InChI is InChI=1S/C19H24N6O3S.C4H8/c1-3-15-14(18(20)26)9-21-19(23-15)22-12-4-5-16-17(8-12)28-11-13-10-24(29(2)27)6-7-25(13)16;1-4-2-3-4/h4-5,8-9,13H,3,6-7,10-11H2,1-2H3,(H2,20,26)(H,21,22,23);4H,2-3H2,1H3/t13-,29?;/m1./s1. The first kappa shape index (κ1) is 23.4. The second-order valence-corrected chi connectivity index (χ2v) is 10.1. The van der Waals surface area contributed by atoms with Gasteiger partial charge < -0.3 is 20.7 Å². The van der Waals surface area contributed by atoms with Crippen molar-refractivity contribution in [2.75, 3.05) is 42.7 Å². The molecule has 1 aromatic carbocycles. The Labute approximate surface area is 197 Å². The number of carbonyl (C=O) groups is 1. The summed E-state index contributed by atoms with van der Waals surface area (Å²) in [5, 5.41) is 3.17. The molecule has 1 aliphatic carbocycles. The molecule has 1 aromatic heterocycles. The Hall–Kier alpha value is -2.72. The van der Waals surface area contributed by atoms with Crippen LogP contribution in [0, 0.1) is 5.92 Å². The molecule has 5 rings (SSSR count). The van der Waals surface area contributed by atoms with Crippen LogP contribution in [0.3, 0.4) is 0 Å². The number of aryl methyl sites for hydroxylation is 1. The van der Waals surface area contributed by atoms with Crippen LogP contribution in [0.1, 0.15) is 42.7 Å². The van der Waals surface area contributed by atoms with Crippen LogP contribution in [-0.4, -0.2) is 62.9 Å². The minimum Gasteiger partial charge on any atom is -0.489 e. The van der Waals surface area contributed by atoms with Crippen LogP contribution in [0.15, 0.2) is 24.4 Å². The van der Waals surface area contributed by atoms with E-state index in [1.54, 1.807) is 6.26 Å². The van der Waals surface area contributed by atoms with E-state index >= 15 is 0 Å². The molecule has 1 saturated heterocycles. The van der Waals surface area contributed by atoms with Gasteiger partial charge in [0.05, 0.1) is 34.0 Å². The van der Waals surface area contributed by atoms with Crippen LogP contribution in [0.25, 0.3) is 0 Å². The summed E-state index contributed by atoms with van der Waals surface area (Å²) in [5.41, 5.74) is 8.15. The van der Waals surface area contributed by atoms with Crippen LogP contribution >= 0.6 is 0 Å². The number of fused-ring (bicyclic) bond motifs is 3. The van der Waals surface area contributed by atoms with E-state index in [1.807, 2.05) is 29.4 Å². The normalized spacial score (nSPS) is 20.5. The number of amides is 1. The minimum absolute atomic E-state index is 0.191. The molecule has 1 amide bonds. The Bertz CT molecular complexity index is 1040. The number of carbonyl (C=O) groups excluding carboxylic acids is 1. The van der Waals surface area contributed by atoms with Crippen LogP contribution < -0.4 is 20.7 Å². The number of rotatable bonds is 5. The lowest BCUT2D eigenvalue weighted by Gasteiger charge is -2.44. The van der Waals surface area contributed by atoms with E-state index in [4.69, 9.17) is 10.5 Å². The number of primary amides is 1. The van der Waals surface area contributed by atoms with E-state index in [9.17, 15) is 9.00 Å². The van der Waals surface area contributed by atoms with Gasteiger partial charge in [-0.05, 0) is 24.5 Å². The second-order valence-electron chi connectivity index (χ2n) is 8.73. The number of aromatic nitrogens is 2. The van der Waals surface area contributed by atoms with Crippen molar-refractivity contribution in [1.82, 2.24) is 14.3 Å². The fraction of sp³-hybridized carbons (Fsp3) is 0.522. The van der Waals surface area contributed by atoms with Gasteiger partial charge in [0.25, 0.3) is 5.91 Å². The molecule has 3 N–H and O–H groups in total. The zero-order chi connectivity index (χ0) is 23.5. The minimum atomic E-state index is -0.961. The van der Waals surface area contributed by atoms with E-state index in [0.717, 1.165) is 42.7 Å². The van der Waals surface area contributed by atoms with Gasteiger partial charge in [-0.25, -0.2) is 18.5 Å². The van der Waals surface area contributed by atoms with Crippen molar-refractivity contribution < 1.29 is 13.7 Å². The van der Waals surface area contributed by atoms with Crippen molar-refractivity contribution in [2.45, 2.75) is 39.2 Å². The largest absolute Gasteiger partial charge is 0.489 e. The zero-order valence-corrected chi connectivity index (χ0v) is 20.2. The second kappa shape index (κ2) is 10.0. The monoisotopic (exact) mass is 472 g/mol. The molecule has 3 aliphatic rings. The average Bonchev–Trinajstić information content (AvgIpc) is 3.60. The summed E-state index contributed by atoms with van der Waals surface area (Å²) in [6.07, 6.45) is 6.72. The van der Waals surface area contributed by atoms with E-state index in [2.05, 4.69) is 27.1 Å². The molecule has 3 heterocycles. The third kappa shape index (κ3) is 5.62. The highest BCUT2D eigenvalue weighted by Gasteiger charge is 2.34. The third-order valence-electron chi connectivity index (χ3n) is 6.10. The molecule has 1 saturated carbocycles. The summed E-state index contributed by atoms with van der Waals surface area (Å²) in [7, 11) is -0.961. The first-order chi connectivity index (χ1) is 15.9. The number of nitrogens with two attached hydrogens (primary N) is 1. The number of hydrogen-bond acceptors (Lipinski definition) is 7. The summed E-state index contributed by atoms with van der Waals surface area (Å²) >= 11 is 0. The van der Waals surface area contributed by atoms with Gasteiger partial charge in [0.15, 0.2) is 0 Å². The summed E-state index contributed by atoms with van der Waals surface area (Å²) in [6.45, 7) is 7.04. The maximum atomic E-state index is 11.8. The van der Waals surface area contributed by atoms with Crippen molar-refractivity contribution in [1.29, 1.82) is 0 Å². The number of piperazine rings is 1. The number of nitrogens with zero attached hydrogens (tertiary/aromatic N) is 4. The van der Waals surface area contributed by atoms with Crippen molar-refractivity contribution in [3.63, 3.8) is 0 Å². The van der Waals surface area contributed by atoms with Crippen LogP contribution in [0.4, 0.5) is 17.3 Å². The van der Waals surface area contributed by atoms with E-state index in [0.29, 0.717) is 30.2 Å². The highest BCUT2D eigenvalue weighted by atomic mass is 32.2. The quantitative estimate of drug-likeness (QED) is 0.687. The van der Waals surface area contributed by atoms with Crippen molar-refractivity contribution in [2.24, 2.45) is 11.7 Å². The smallest absolute Gasteiger partial charge is 0.252 e. The van der Waals surface area contributed by atoms with Crippen molar-refractivity contribution in [3.8, 4) is 5.75 Å². The summed E-state index contributed by atoms with van der Waals surface area (Å²) in [4.78, 5) is 22.4. The summed E-state index contributed by atoms with van der Waals surface area (Å²) in [6, 6.07) is 6.08. The Morgan fingerprint density at radius 2 is 2.09 bits per heavy atom. The number of nitrogens with one attached hydrogen (secondary N) is 1. The molecule has 10 heteroatoms. The van der Waals surface area contributed by atoms with E-state index in [1.165, 1.54) is 19.0 Å².